The van der Waals surface area contributed by atoms with Crippen LogP contribution in [0.4, 0.5) is 0 Å². The number of amides is 1. The van der Waals surface area contributed by atoms with Crippen molar-refractivity contribution in [2.45, 2.75) is 45.6 Å². The van der Waals surface area contributed by atoms with Gasteiger partial charge in [0, 0.05) is 51.2 Å². The lowest BCUT2D eigenvalue weighted by atomic mass is 10.0. The third-order valence-electron chi connectivity index (χ3n) is 5.48. The molecule has 1 aliphatic heterocycles. The van der Waals surface area contributed by atoms with Crippen LogP contribution < -0.4 is 10.6 Å². The van der Waals surface area contributed by atoms with Crippen molar-refractivity contribution < 1.29 is 4.79 Å². The molecule has 7 heteroatoms. The molecule has 1 unspecified atom stereocenters. The first-order valence-corrected chi connectivity index (χ1v) is 10.7. The topological polar surface area (TPSA) is 60.0 Å². The normalized spacial score (nSPS) is 18.7. The second-order valence-electron chi connectivity index (χ2n) is 8.11. The van der Waals surface area contributed by atoms with Crippen LogP contribution in [0.15, 0.2) is 29.3 Å². The number of guanidine groups is 1. The van der Waals surface area contributed by atoms with Crippen molar-refractivity contribution in [1.29, 1.82) is 0 Å². The van der Waals surface area contributed by atoms with Crippen molar-refractivity contribution in [1.82, 2.24) is 20.4 Å². The highest BCUT2D eigenvalue weighted by atomic mass is 127. The van der Waals surface area contributed by atoms with Crippen molar-refractivity contribution in [2.75, 3.05) is 45.8 Å². The largest absolute Gasteiger partial charge is 0.357 e. The fourth-order valence-corrected chi connectivity index (χ4v) is 3.47. The van der Waals surface area contributed by atoms with Crippen molar-refractivity contribution in [3.8, 4) is 0 Å². The van der Waals surface area contributed by atoms with E-state index in [0.29, 0.717) is 18.5 Å². The summed E-state index contributed by atoms with van der Waals surface area (Å²) in [6.45, 7) is 12.2. The molecule has 0 spiro atoms. The zero-order chi connectivity index (χ0) is 19.9. The molecule has 2 fully saturated rings. The quantitative estimate of drug-likeness (QED) is 0.335. The van der Waals surface area contributed by atoms with Gasteiger partial charge in [0.25, 0.3) is 0 Å². The number of rotatable bonds is 7. The highest BCUT2D eigenvalue weighted by Gasteiger charge is 2.26. The summed E-state index contributed by atoms with van der Waals surface area (Å²) in [5, 5.41) is 6.51. The van der Waals surface area contributed by atoms with Crippen LogP contribution in [0.25, 0.3) is 0 Å². The van der Waals surface area contributed by atoms with Crippen LogP contribution in [0.2, 0.25) is 0 Å². The van der Waals surface area contributed by atoms with E-state index in [1.807, 2.05) is 0 Å². The third-order valence-corrected chi connectivity index (χ3v) is 5.48. The Bertz CT molecular complexity index is 666. The molecule has 1 atom stereocenters. The highest BCUT2D eigenvalue weighted by molar-refractivity contribution is 14.0. The number of benzene rings is 1. The number of carbonyl (C=O) groups excluding carboxylic acids is 1. The Morgan fingerprint density at radius 1 is 1.17 bits per heavy atom. The van der Waals surface area contributed by atoms with Gasteiger partial charge in [0.05, 0.1) is 6.54 Å². The number of nitrogens with one attached hydrogen (secondary N) is 2. The number of aliphatic imine (C=N–C) groups is 1. The van der Waals surface area contributed by atoms with E-state index in [9.17, 15) is 4.79 Å². The zero-order valence-electron chi connectivity index (χ0n) is 18.0. The van der Waals surface area contributed by atoms with Crippen molar-refractivity contribution in [3.63, 3.8) is 0 Å². The molecule has 1 aromatic carbocycles. The van der Waals surface area contributed by atoms with E-state index in [0.717, 1.165) is 58.1 Å². The average molecular weight is 513 g/mol. The van der Waals surface area contributed by atoms with Gasteiger partial charge in [-0.1, -0.05) is 36.8 Å². The molecule has 1 aromatic rings. The summed E-state index contributed by atoms with van der Waals surface area (Å²) in [6, 6.07) is 9.18. The van der Waals surface area contributed by atoms with E-state index < -0.39 is 0 Å². The van der Waals surface area contributed by atoms with Gasteiger partial charge in [0.2, 0.25) is 5.91 Å². The highest BCUT2D eigenvalue weighted by Crippen LogP contribution is 2.18. The predicted octanol–water partition coefficient (Wildman–Crippen LogP) is 2.58. The lowest BCUT2D eigenvalue weighted by molar-refractivity contribution is -0.122. The molecule has 1 saturated heterocycles. The molecule has 0 bridgehead atoms. The number of nitrogens with zero attached hydrogens (tertiary/aromatic N) is 3. The van der Waals surface area contributed by atoms with Crippen molar-refractivity contribution in [2.24, 2.45) is 4.99 Å². The monoisotopic (exact) mass is 513 g/mol. The summed E-state index contributed by atoms with van der Waals surface area (Å²) in [7, 11) is 0. The smallest absolute Gasteiger partial charge is 0.234 e. The van der Waals surface area contributed by atoms with Gasteiger partial charge in [0.15, 0.2) is 5.96 Å². The van der Waals surface area contributed by atoms with Crippen LogP contribution in [-0.4, -0.2) is 73.5 Å². The Labute approximate surface area is 192 Å². The molecule has 1 saturated carbocycles. The van der Waals surface area contributed by atoms with Crippen LogP contribution in [-0.2, 0) is 4.79 Å². The molecule has 2 N–H and O–H groups in total. The first kappa shape index (κ1) is 23.9. The molecule has 3 rings (SSSR count). The van der Waals surface area contributed by atoms with E-state index >= 15 is 0 Å². The minimum absolute atomic E-state index is 0. The molecule has 6 nitrogen and oxygen atoms in total. The molecule has 1 amide bonds. The second kappa shape index (κ2) is 11.7. The third kappa shape index (κ3) is 7.77. The molecule has 162 valence electrons. The minimum atomic E-state index is 0. The van der Waals surface area contributed by atoms with Crippen molar-refractivity contribution >= 4 is 35.8 Å². The molecular formula is C22H36IN5O. The maximum absolute atomic E-state index is 12.0. The summed E-state index contributed by atoms with van der Waals surface area (Å²) >= 11 is 0. The Morgan fingerprint density at radius 3 is 2.41 bits per heavy atom. The second-order valence-corrected chi connectivity index (χ2v) is 8.11. The summed E-state index contributed by atoms with van der Waals surface area (Å²) in [5.41, 5.74) is 2.62. The molecule has 1 heterocycles. The minimum Gasteiger partial charge on any atom is -0.357 e. The summed E-state index contributed by atoms with van der Waals surface area (Å²) in [4.78, 5) is 21.5. The first-order valence-electron chi connectivity index (χ1n) is 10.7. The standard InChI is InChI=1S/C22H35N5O.HI/c1-4-23-22(24-15-18(3)19-7-5-17(2)6-8-19)27-13-11-26(12-14-27)16-21(28)25-20-9-10-20;/h5-8,18,20H,4,9-16H2,1-3H3,(H,23,24)(H,25,28);1H. The summed E-state index contributed by atoms with van der Waals surface area (Å²) < 4.78 is 0. The number of aryl methyl sites for hydroxylation is 1. The lowest BCUT2D eigenvalue weighted by Crippen LogP contribution is -2.54. The maximum atomic E-state index is 12.0. The van der Waals surface area contributed by atoms with Crippen LogP contribution in [0, 0.1) is 6.92 Å². The van der Waals surface area contributed by atoms with Gasteiger partial charge in [-0.15, -0.1) is 24.0 Å². The number of piperazine rings is 1. The first-order chi connectivity index (χ1) is 13.5. The van der Waals surface area contributed by atoms with Crippen molar-refractivity contribution in [3.05, 3.63) is 35.4 Å². The van der Waals surface area contributed by atoms with E-state index in [4.69, 9.17) is 4.99 Å². The van der Waals surface area contributed by atoms with Gasteiger partial charge in [-0.25, -0.2) is 0 Å². The van der Waals surface area contributed by atoms with E-state index in [2.05, 4.69) is 65.5 Å². The Kier molecular flexibility index (Phi) is 9.68. The number of hydrogen-bond donors (Lipinski definition) is 2. The van der Waals surface area contributed by atoms with Crippen LogP contribution in [0.1, 0.15) is 43.7 Å². The van der Waals surface area contributed by atoms with Crippen LogP contribution in [0.3, 0.4) is 0 Å². The molecular weight excluding hydrogens is 477 g/mol. The van der Waals surface area contributed by atoms with Gasteiger partial charge >= 0.3 is 0 Å². The predicted molar refractivity (Wildman–Crippen MR) is 130 cm³/mol. The Balaban J connectivity index is 0.00000300. The van der Waals surface area contributed by atoms with Gasteiger partial charge in [-0.2, -0.15) is 0 Å². The average Bonchev–Trinajstić information content (AvgIpc) is 3.50. The van der Waals surface area contributed by atoms with Gasteiger partial charge in [0.1, 0.15) is 0 Å². The van der Waals surface area contributed by atoms with E-state index in [1.54, 1.807) is 0 Å². The van der Waals surface area contributed by atoms with Gasteiger partial charge in [-0.3, -0.25) is 14.7 Å². The number of carbonyl (C=O) groups is 1. The summed E-state index contributed by atoms with van der Waals surface area (Å²) in [5.74, 6) is 1.55. The molecule has 0 radical (unpaired) electrons. The zero-order valence-corrected chi connectivity index (χ0v) is 20.3. The summed E-state index contributed by atoms with van der Waals surface area (Å²) in [6.07, 6.45) is 2.28. The number of halogens is 1. The SMILES string of the molecule is CCNC(=NCC(C)c1ccc(C)cc1)N1CCN(CC(=O)NC2CC2)CC1.I. The Morgan fingerprint density at radius 2 is 1.83 bits per heavy atom. The number of hydrogen-bond acceptors (Lipinski definition) is 3. The van der Waals surface area contributed by atoms with Crippen LogP contribution >= 0.6 is 24.0 Å². The van der Waals surface area contributed by atoms with Crippen LogP contribution in [0.5, 0.6) is 0 Å². The molecule has 29 heavy (non-hydrogen) atoms. The van der Waals surface area contributed by atoms with Gasteiger partial charge < -0.3 is 15.5 Å². The van der Waals surface area contributed by atoms with E-state index in [-0.39, 0.29) is 29.9 Å². The fraction of sp³-hybridized carbons (Fsp3) is 0.636. The molecule has 0 aromatic heterocycles. The van der Waals surface area contributed by atoms with E-state index in [1.165, 1.54) is 11.1 Å². The lowest BCUT2D eigenvalue weighted by Gasteiger charge is -2.36. The molecule has 2 aliphatic rings. The fourth-order valence-electron chi connectivity index (χ4n) is 3.47. The Hall–Kier alpha value is -1.35. The van der Waals surface area contributed by atoms with Gasteiger partial charge in [-0.05, 0) is 32.3 Å². The maximum Gasteiger partial charge on any atom is 0.234 e. The molecule has 1 aliphatic carbocycles.